The highest BCUT2D eigenvalue weighted by Gasteiger charge is 2.56. The van der Waals surface area contributed by atoms with Crippen molar-refractivity contribution in [3.63, 3.8) is 0 Å². The van der Waals surface area contributed by atoms with E-state index in [4.69, 9.17) is 22.0 Å². The van der Waals surface area contributed by atoms with E-state index in [1.165, 1.54) is 11.6 Å². The quantitative estimate of drug-likeness (QED) is 0.0461. The molecule has 22 heteroatoms. The Bertz CT molecular complexity index is 1600. The summed E-state index contributed by atoms with van der Waals surface area (Å²) >= 11 is 0.967. The number of carboxylic acid groups (broad SMARTS) is 1. The lowest BCUT2D eigenvalue weighted by Crippen LogP contribution is -2.73. The third-order valence-electron chi connectivity index (χ3n) is 6.98. The number of aromatic nitrogens is 4. The molecule has 43 heavy (non-hydrogen) atoms. The Hall–Kier alpha value is -4.41. The van der Waals surface area contributed by atoms with Crippen molar-refractivity contribution in [2.75, 3.05) is 18.8 Å². The van der Waals surface area contributed by atoms with E-state index in [2.05, 4.69) is 30.6 Å². The molecular weight excluding hydrogens is 612 g/mol. The van der Waals surface area contributed by atoms with Crippen LogP contribution in [0.4, 0.5) is 5.13 Å². The van der Waals surface area contributed by atoms with E-state index in [1.54, 1.807) is 0 Å². The molecule has 1 aliphatic carbocycles. The van der Waals surface area contributed by atoms with Crippen LogP contribution in [0.25, 0.3) is 0 Å². The summed E-state index contributed by atoms with van der Waals surface area (Å²) in [5, 5.41) is 25.1. The third kappa shape index (κ3) is 6.35. The number of hydrogen-bond acceptors (Lipinski definition) is 14. The fourth-order valence-corrected chi connectivity index (χ4v) is 5.88. The predicted octanol–water partition coefficient (Wildman–Crippen LogP) is -3.30. The molecule has 2 aromatic rings. The summed E-state index contributed by atoms with van der Waals surface area (Å²) in [6, 6.07) is -2.82. The molecule has 4 heterocycles. The Morgan fingerprint density at radius 3 is 2.65 bits per heavy atom. The highest BCUT2D eigenvalue weighted by atomic mass is 32.2. The van der Waals surface area contributed by atoms with E-state index in [9.17, 15) is 32.5 Å². The van der Waals surface area contributed by atoms with Crippen molar-refractivity contribution in [3.05, 3.63) is 23.0 Å². The van der Waals surface area contributed by atoms with Crippen LogP contribution in [0, 0.1) is 0 Å². The summed E-state index contributed by atoms with van der Waals surface area (Å²) in [6.45, 7) is 0.945. The second-order valence-corrected chi connectivity index (χ2v) is 12.3. The average molecular weight is 641 g/mol. The Morgan fingerprint density at radius 2 is 2.07 bits per heavy atom. The Morgan fingerprint density at radius 1 is 1.33 bits per heavy atom. The standard InChI is InChI=1S/C21H28N12O8S2/c22-10-1-4-31(7-10)19(23)25-5-11-6-26-32(29-11)8-13-15(17(35)33(13)43(38,39)40)28-16(34)14(12-9-42-20(24)27-12)30-41-21(2-3-21)18(36)37/h6,9-10,13,15H,1-5,7-8,22H2,(H2,23,25)(H2,24,27)(H,28,34)(H,36,37)(H,38,39,40)/b30-14-/t10-,13-,15+/m1/s1. The first kappa shape index (κ1) is 30.1. The van der Waals surface area contributed by atoms with E-state index in [-0.39, 0.29) is 53.1 Å². The van der Waals surface area contributed by atoms with Gasteiger partial charge in [-0.25, -0.2) is 19.1 Å². The number of nitrogen functional groups attached to an aromatic ring is 1. The molecule has 2 amide bonds. The molecular formula is C21H28N12O8S2. The van der Waals surface area contributed by atoms with Gasteiger partial charge in [-0.05, 0) is 6.42 Å². The van der Waals surface area contributed by atoms with Crippen LogP contribution in [0.3, 0.4) is 0 Å². The molecule has 2 saturated heterocycles. The number of rotatable bonds is 11. The van der Waals surface area contributed by atoms with Gasteiger partial charge in [0.25, 0.3) is 11.8 Å². The number of amides is 2. The van der Waals surface area contributed by atoms with Crippen LogP contribution in [0.1, 0.15) is 30.7 Å². The van der Waals surface area contributed by atoms with E-state index in [0.29, 0.717) is 18.8 Å². The molecule has 0 radical (unpaired) electrons. The first-order chi connectivity index (χ1) is 20.3. The number of carbonyl (C=O) groups excluding carboxylic acids is 2. The smallest absolute Gasteiger partial charge is 0.362 e. The number of oxime groups is 1. The number of nitrogens with zero attached hydrogens (tertiary/aromatic N) is 8. The first-order valence-corrected chi connectivity index (χ1v) is 15.1. The molecule has 3 aliphatic rings. The van der Waals surface area contributed by atoms with Gasteiger partial charge in [-0.3, -0.25) is 14.1 Å². The summed E-state index contributed by atoms with van der Waals surface area (Å²) in [7, 11) is -5.02. The highest BCUT2D eigenvalue weighted by molar-refractivity contribution is 7.84. The van der Waals surface area contributed by atoms with Crippen LogP contribution < -0.4 is 22.5 Å². The number of β-lactam (4-membered cyclic amide) rings is 1. The van der Waals surface area contributed by atoms with Crippen LogP contribution in [0.15, 0.2) is 21.7 Å². The summed E-state index contributed by atoms with van der Waals surface area (Å²) < 4.78 is 33.8. The molecule has 9 N–H and O–H groups in total. The molecule has 20 nitrogen and oxygen atoms in total. The van der Waals surface area contributed by atoms with Gasteiger partial charge in [0.15, 0.2) is 16.8 Å². The lowest BCUT2D eigenvalue weighted by Gasteiger charge is -2.43. The summed E-state index contributed by atoms with van der Waals surface area (Å²) in [5.41, 5.74) is 15.8. The third-order valence-corrected chi connectivity index (χ3v) is 8.60. The zero-order valence-corrected chi connectivity index (χ0v) is 23.9. The molecule has 3 atom stereocenters. The molecule has 0 spiro atoms. The van der Waals surface area contributed by atoms with E-state index in [1.807, 2.05) is 4.90 Å². The monoisotopic (exact) mass is 640 g/mol. The fourth-order valence-electron chi connectivity index (χ4n) is 4.46. The number of hydrogen-bond donors (Lipinski definition) is 6. The van der Waals surface area contributed by atoms with Crippen LogP contribution >= 0.6 is 11.3 Å². The normalized spacial score (nSPS) is 23.7. The molecule has 0 bridgehead atoms. The number of carboxylic acids is 1. The van der Waals surface area contributed by atoms with Gasteiger partial charge in [-0.1, -0.05) is 5.16 Å². The number of likely N-dealkylation sites (tertiary alicyclic amines) is 1. The topological polar surface area (TPSA) is 300 Å². The van der Waals surface area contributed by atoms with Crippen molar-refractivity contribution in [2.24, 2.45) is 21.6 Å². The second-order valence-electron chi connectivity index (χ2n) is 10.1. The molecule has 2 aromatic heterocycles. The Labute approximate surface area is 247 Å². The average Bonchev–Trinajstić information content (AvgIpc) is 3.21. The van der Waals surface area contributed by atoms with Crippen molar-refractivity contribution < 1.29 is 37.3 Å². The lowest BCUT2D eigenvalue weighted by atomic mass is 9.98. The maximum absolute atomic E-state index is 13.2. The van der Waals surface area contributed by atoms with Crippen molar-refractivity contribution in [1.29, 1.82) is 0 Å². The van der Waals surface area contributed by atoms with Crippen molar-refractivity contribution in [3.8, 4) is 0 Å². The number of nitrogens with two attached hydrogens (primary N) is 3. The van der Waals surface area contributed by atoms with Crippen molar-refractivity contribution >= 4 is 56.2 Å². The molecule has 232 valence electrons. The largest absolute Gasteiger partial charge is 0.478 e. The van der Waals surface area contributed by atoms with E-state index < -0.39 is 51.5 Å². The number of aliphatic carboxylic acids is 1. The van der Waals surface area contributed by atoms with E-state index in [0.717, 1.165) is 22.6 Å². The zero-order chi connectivity index (χ0) is 31.1. The Kier molecular flexibility index (Phi) is 7.93. The van der Waals surface area contributed by atoms with Gasteiger partial charge in [0.2, 0.25) is 5.60 Å². The maximum atomic E-state index is 13.2. The van der Waals surface area contributed by atoms with Gasteiger partial charge in [0.1, 0.15) is 23.5 Å². The van der Waals surface area contributed by atoms with Crippen LogP contribution in [-0.4, -0.2) is 114 Å². The van der Waals surface area contributed by atoms with Gasteiger partial charge in [0.05, 0.1) is 19.3 Å². The molecule has 2 aliphatic heterocycles. The van der Waals surface area contributed by atoms with E-state index >= 15 is 0 Å². The number of guanidine groups is 1. The number of aliphatic imine (C=N–C) groups is 1. The highest BCUT2D eigenvalue weighted by Crippen LogP contribution is 2.40. The number of nitrogens with one attached hydrogen (secondary N) is 1. The molecule has 5 rings (SSSR count). The molecule has 3 fully saturated rings. The van der Waals surface area contributed by atoms with Gasteiger partial charge < -0.3 is 37.4 Å². The minimum Gasteiger partial charge on any atom is -0.478 e. The Balaban J connectivity index is 1.31. The molecule has 0 aromatic carbocycles. The number of thiazole rings is 1. The van der Waals surface area contributed by atoms with Crippen LogP contribution in [0.5, 0.6) is 0 Å². The maximum Gasteiger partial charge on any atom is 0.362 e. The van der Waals surface area contributed by atoms with Crippen molar-refractivity contribution in [2.45, 2.75) is 56.1 Å². The van der Waals surface area contributed by atoms with Gasteiger partial charge in [-0.15, -0.1) is 11.3 Å². The summed E-state index contributed by atoms with van der Waals surface area (Å²) in [6.07, 6.45) is 2.48. The minimum atomic E-state index is -5.02. The summed E-state index contributed by atoms with van der Waals surface area (Å²) in [5.74, 6) is -3.17. The van der Waals surface area contributed by atoms with Gasteiger partial charge in [-0.2, -0.15) is 23.4 Å². The van der Waals surface area contributed by atoms with Crippen molar-refractivity contribution in [1.82, 2.24) is 34.5 Å². The van der Waals surface area contributed by atoms with Gasteiger partial charge in [0, 0.05) is 37.4 Å². The second kappa shape index (κ2) is 11.3. The number of anilines is 1. The van der Waals surface area contributed by atoms with Crippen LogP contribution in [0.2, 0.25) is 0 Å². The first-order valence-electron chi connectivity index (χ1n) is 12.8. The van der Waals surface area contributed by atoms with Gasteiger partial charge >= 0.3 is 16.3 Å². The predicted molar refractivity (Wildman–Crippen MR) is 147 cm³/mol. The molecule has 1 saturated carbocycles. The van der Waals surface area contributed by atoms with Crippen LogP contribution in [-0.2, 0) is 42.6 Å². The SMILES string of the molecule is NC(=NCc1cnn(C[C@@H]2[C@H](NC(=O)/C(=N\OC3(C(=O)O)CC3)c3csc(N)n3)C(=O)N2S(=O)(=O)O)n1)N1CC[C@@H](N)C1. The molecule has 0 unspecified atom stereocenters. The summed E-state index contributed by atoms with van der Waals surface area (Å²) in [4.78, 5) is 53.8. The minimum absolute atomic E-state index is 0.00749. The number of carbonyl (C=O) groups is 3. The zero-order valence-electron chi connectivity index (χ0n) is 22.3. The fraction of sp³-hybridized carbons (Fsp3) is 0.524. The lowest BCUT2D eigenvalue weighted by molar-refractivity contribution is -0.153.